The highest BCUT2D eigenvalue weighted by atomic mass is 35.5. The lowest BCUT2D eigenvalue weighted by Crippen LogP contribution is -2.11. The third-order valence-corrected chi connectivity index (χ3v) is 0.915. The van der Waals surface area contributed by atoms with E-state index in [9.17, 15) is 0 Å². The van der Waals surface area contributed by atoms with Gasteiger partial charge in [0.15, 0.2) is 0 Å². The number of hydrogen-bond donors (Lipinski definition) is 1. The van der Waals surface area contributed by atoms with Crippen LogP contribution in [-0.2, 0) is 0 Å². The molecule has 9 heavy (non-hydrogen) atoms. The first-order valence-corrected chi connectivity index (χ1v) is 3.27. The molecule has 0 radical (unpaired) electrons. The van der Waals surface area contributed by atoms with Crippen molar-refractivity contribution in [3.8, 4) is 0 Å². The summed E-state index contributed by atoms with van der Waals surface area (Å²) in [5.41, 5.74) is 0. The normalized spacial score (nSPS) is 9.56. The van der Waals surface area contributed by atoms with E-state index in [0.29, 0.717) is 0 Å². The van der Waals surface area contributed by atoms with E-state index in [0.717, 1.165) is 19.5 Å². The topological polar surface area (TPSA) is 12.0 Å². The van der Waals surface area contributed by atoms with Gasteiger partial charge >= 0.3 is 0 Å². The molecule has 0 aromatic heterocycles. The van der Waals surface area contributed by atoms with Gasteiger partial charge in [0.25, 0.3) is 0 Å². The summed E-state index contributed by atoms with van der Waals surface area (Å²) in [6.07, 6.45) is 5.47. The van der Waals surface area contributed by atoms with Crippen LogP contribution in [0.1, 0.15) is 20.3 Å². The number of hydrogen-bond acceptors (Lipinski definition) is 1. The highest BCUT2D eigenvalue weighted by Crippen LogP contribution is 1.75. The van der Waals surface area contributed by atoms with E-state index < -0.39 is 0 Å². The number of nitrogens with one attached hydrogen (secondary N) is 1. The Balaban J connectivity index is 0. The van der Waals surface area contributed by atoms with Crippen LogP contribution in [0, 0.1) is 0 Å². The Hall–Kier alpha value is -0.0100. The summed E-state index contributed by atoms with van der Waals surface area (Å²) < 4.78 is 0. The largest absolute Gasteiger partial charge is 0.314 e. The van der Waals surface area contributed by atoms with Crippen molar-refractivity contribution in [1.29, 1.82) is 0 Å². The SMILES string of the molecule is CC/C=C/CNCC.Cl. The fraction of sp³-hybridized carbons (Fsp3) is 0.714. The molecule has 0 aliphatic carbocycles. The second-order valence-corrected chi connectivity index (χ2v) is 1.69. The first-order chi connectivity index (χ1) is 3.91. The number of likely N-dealkylation sites (N-methyl/N-ethyl adjacent to an activating group) is 1. The van der Waals surface area contributed by atoms with Crippen molar-refractivity contribution in [3.05, 3.63) is 12.2 Å². The molecule has 0 bridgehead atoms. The summed E-state index contributed by atoms with van der Waals surface area (Å²) in [6, 6.07) is 0. The van der Waals surface area contributed by atoms with Crippen molar-refractivity contribution in [2.45, 2.75) is 20.3 Å². The van der Waals surface area contributed by atoms with Crippen LogP contribution in [-0.4, -0.2) is 13.1 Å². The van der Waals surface area contributed by atoms with Crippen molar-refractivity contribution < 1.29 is 0 Å². The highest BCUT2D eigenvalue weighted by Gasteiger charge is 1.70. The molecule has 0 heterocycles. The average molecular weight is 150 g/mol. The van der Waals surface area contributed by atoms with Crippen molar-refractivity contribution in [2.24, 2.45) is 0 Å². The molecule has 0 aromatic carbocycles. The van der Waals surface area contributed by atoms with Crippen LogP contribution >= 0.6 is 12.4 Å². The molecular weight excluding hydrogens is 134 g/mol. The minimum absolute atomic E-state index is 0. The number of halogens is 1. The maximum Gasteiger partial charge on any atom is 0.0134 e. The van der Waals surface area contributed by atoms with Gasteiger partial charge in [-0.1, -0.05) is 26.0 Å². The molecule has 0 unspecified atom stereocenters. The maximum atomic E-state index is 3.20. The van der Waals surface area contributed by atoms with Gasteiger partial charge in [-0.05, 0) is 13.0 Å². The van der Waals surface area contributed by atoms with Gasteiger partial charge in [-0.25, -0.2) is 0 Å². The molecule has 56 valence electrons. The standard InChI is InChI=1S/C7H15N.ClH/c1-3-5-6-7-8-4-2;/h5-6,8H,3-4,7H2,1-2H3;1H/b6-5+;. The third-order valence-electron chi connectivity index (χ3n) is 0.915. The Labute approximate surface area is 63.9 Å². The Kier molecular flexibility index (Phi) is 14.2. The summed E-state index contributed by atoms with van der Waals surface area (Å²) in [6.45, 7) is 6.33. The monoisotopic (exact) mass is 149 g/mol. The van der Waals surface area contributed by atoms with Gasteiger partial charge in [-0.2, -0.15) is 0 Å². The van der Waals surface area contributed by atoms with Gasteiger partial charge in [-0.3, -0.25) is 0 Å². The summed E-state index contributed by atoms with van der Waals surface area (Å²) in [4.78, 5) is 0. The zero-order valence-electron chi connectivity index (χ0n) is 6.18. The maximum absolute atomic E-state index is 3.20. The summed E-state index contributed by atoms with van der Waals surface area (Å²) >= 11 is 0. The average Bonchev–Trinajstić information content (AvgIpc) is 1.81. The second-order valence-electron chi connectivity index (χ2n) is 1.69. The van der Waals surface area contributed by atoms with Gasteiger partial charge in [-0.15, -0.1) is 12.4 Å². The van der Waals surface area contributed by atoms with E-state index in [1.807, 2.05) is 0 Å². The van der Waals surface area contributed by atoms with E-state index in [1.54, 1.807) is 0 Å². The van der Waals surface area contributed by atoms with E-state index in [2.05, 4.69) is 31.3 Å². The molecule has 0 spiro atoms. The first kappa shape index (κ1) is 11.7. The molecule has 1 nitrogen and oxygen atoms in total. The van der Waals surface area contributed by atoms with Crippen LogP contribution in [0.25, 0.3) is 0 Å². The molecule has 1 N–H and O–H groups in total. The minimum Gasteiger partial charge on any atom is -0.314 e. The van der Waals surface area contributed by atoms with Crippen molar-refractivity contribution >= 4 is 12.4 Å². The minimum atomic E-state index is 0. The van der Waals surface area contributed by atoms with Crippen molar-refractivity contribution in [3.63, 3.8) is 0 Å². The Morgan fingerprint density at radius 3 is 2.33 bits per heavy atom. The highest BCUT2D eigenvalue weighted by molar-refractivity contribution is 5.85. The molecule has 0 rings (SSSR count). The van der Waals surface area contributed by atoms with Gasteiger partial charge in [0.2, 0.25) is 0 Å². The summed E-state index contributed by atoms with van der Waals surface area (Å²) in [5, 5.41) is 3.20. The molecule has 0 amide bonds. The molecule has 0 saturated carbocycles. The van der Waals surface area contributed by atoms with Crippen LogP contribution in [0.3, 0.4) is 0 Å². The zero-order valence-corrected chi connectivity index (χ0v) is 7.00. The smallest absolute Gasteiger partial charge is 0.0134 e. The van der Waals surface area contributed by atoms with E-state index in [4.69, 9.17) is 0 Å². The number of rotatable bonds is 4. The second kappa shape index (κ2) is 10.9. The summed E-state index contributed by atoms with van der Waals surface area (Å²) in [5.74, 6) is 0. The zero-order chi connectivity index (χ0) is 6.24. The van der Waals surface area contributed by atoms with Gasteiger partial charge in [0, 0.05) is 6.54 Å². The van der Waals surface area contributed by atoms with Crippen LogP contribution in [0.15, 0.2) is 12.2 Å². The number of allylic oxidation sites excluding steroid dienone is 1. The molecule has 0 aromatic rings. The van der Waals surface area contributed by atoms with Crippen LogP contribution in [0.4, 0.5) is 0 Å². The molecule has 0 fully saturated rings. The molecule has 0 aliphatic heterocycles. The Morgan fingerprint density at radius 1 is 1.22 bits per heavy atom. The molecule has 0 saturated heterocycles. The molecule has 0 atom stereocenters. The lowest BCUT2D eigenvalue weighted by atomic mass is 10.4. The fourth-order valence-corrected chi connectivity index (χ4v) is 0.478. The van der Waals surface area contributed by atoms with Crippen LogP contribution in [0.5, 0.6) is 0 Å². The predicted molar refractivity (Wildman–Crippen MR) is 45.2 cm³/mol. The van der Waals surface area contributed by atoms with Gasteiger partial charge < -0.3 is 5.32 Å². The third kappa shape index (κ3) is 11.5. The summed E-state index contributed by atoms with van der Waals surface area (Å²) in [7, 11) is 0. The van der Waals surface area contributed by atoms with Gasteiger partial charge in [0.05, 0.1) is 0 Å². The van der Waals surface area contributed by atoms with Crippen molar-refractivity contribution in [2.75, 3.05) is 13.1 Å². The molecule has 0 aliphatic rings. The molecular formula is C7H16ClN. The van der Waals surface area contributed by atoms with Crippen LogP contribution < -0.4 is 5.32 Å². The van der Waals surface area contributed by atoms with Crippen LogP contribution in [0.2, 0.25) is 0 Å². The van der Waals surface area contributed by atoms with Crippen molar-refractivity contribution in [1.82, 2.24) is 5.32 Å². The lowest BCUT2D eigenvalue weighted by molar-refractivity contribution is 0.797. The lowest BCUT2D eigenvalue weighted by Gasteiger charge is -1.90. The van der Waals surface area contributed by atoms with E-state index in [1.165, 1.54) is 0 Å². The molecule has 2 heteroatoms. The van der Waals surface area contributed by atoms with E-state index >= 15 is 0 Å². The first-order valence-electron chi connectivity index (χ1n) is 3.27. The fourth-order valence-electron chi connectivity index (χ4n) is 0.478. The Bertz CT molecular complexity index is 61.9. The predicted octanol–water partition coefficient (Wildman–Crippen LogP) is 1.98. The van der Waals surface area contributed by atoms with Gasteiger partial charge in [0.1, 0.15) is 0 Å². The quantitative estimate of drug-likeness (QED) is 0.476. The Morgan fingerprint density at radius 2 is 1.89 bits per heavy atom. The van der Waals surface area contributed by atoms with E-state index in [-0.39, 0.29) is 12.4 Å².